The molecule has 0 amide bonds. The molecular formula is C18H26N2. The molecule has 0 fully saturated rings. The van der Waals surface area contributed by atoms with Gasteiger partial charge in [0, 0.05) is 24.4 Å². The van der Waals surface area contributed by atoms with Crippen molar-refractivity contribution in [2.75, 3.05) is 13.1 Å². The zero-order valence-electron chi connectivity index (χ0n) is 12.4. The molecule has 0 spiro atoms. The summed E-state index contributed by atoms with van der Waals surface area (Å²) in [4.78, 5) is 2.29. The Hall–Kier alpha value is -1.96. The minimum Gasteiger partial charge on any atom is -0.386 e. The SMILES string of the molecule is C=CCCC1=CC=C(N(CCC=C)C(=C)CNC=C)C1. The number of nitrogens with zero attached hydrogens (tertiary/aromatic N) is 1. The highest BCUT2D eigenvalue weighted by Gasteiger charge is 2.16. The summed E-state index contributed by atoms with van der Waals surface area (Å²) in [5.41, 5.74) is 3.85. The van der Waals surface area contributed by atoms with Gasteiger partial charge in [0.15, 0.2) is 0 Å². The molecule has 0 aliphatic heterocycles. The normalized spacial score (nSPS) is 13.2. The summed E-state index contributed by atoms with van der Waals surface area (Å²) in [6.45, 7) is 17.1. The minimum absolute atomic E-state index is 0.722. The average Bonchev–Trinajstić information content (AvgIpc) is 2.92. The third-order valence-corrected chi connectivity index (χ3v) is 3.32. The van der Waals surface area contributed by atoms with E-state index < -0.39 is 0 Å². The smallest absolute Gasteiger partial charge is 0.0541 e. The van der Waals surface area contributed by atoms with Gasteiger partial charge in [-0.3, -0.25) is 0 Å². The lowest BCUT2D eigenvalue weighted by Crippen LogP contribution is -2.27. The van der Waals surface area contributed by atoms with Gasteiger partial charge in [0.1, 0.15) is 0 Å². The average molecular weight is 270 g/mol. The van der Waals surface area contributed by atoms with E-state index in [1.807, 2.05) is 12.2 Å². The molecule has 2 nitrogen and oxygen atoms in total. The molecule has 0 saturated carbocycles. The Labute approximate surface area is 123 Å². The second-order valence-electron chi connectivity index (χ2n) is 4.87. The van der Waals surface area contributed by atoms with Crippen LogP contribution in [0.5, 0.6) is 0 Å². The van der Waals surface area contributed by atoms with Crippen LogP contribution in [0.4, 0.5) is 0 Å². The zero-order chi connectivity index (χ0) is 14.8. The highest BCUT2D eigenvalue weighted by molar-refractivity contribution is 5.32. The van der Waals surface area contributed by atoms with Crippen LogP contribution >= 0.6 is 0 Å². The summed E-state index contributed by atoms with van der Waals surface area (Å²) in [6.07, 6.45) is 14.2. The molecule has 1 aliphatic carbocycles. The molecule has 0 saturated heterocycles. The van der Waals surface area contributed by atoms with Crippen LogP contribution in [0.25, 0.3) is 0 Å². The van der Waals surface area contributed by atoms with Crippen molar-refractivity contribution in [1.29, 1.82) is 0 Å². The summed E-state index contributed by atoms with van der Waals surface area (Å²) in [6, 6.07) is 0. The molecule has 0 aromatic rings. The van der Waals surface area contributed by atoms with Crippen LogP contribution in [0, 0.1) is 0 Å². The summed E-state index contributed by atoms with van der Waals surface area (Å²) in [5.74, 6) is 0. The molecule has 1 rings (SSSR count). The van der Waals surface area contributed by atoms with Gasteiger partial charge in [-0.15, -0.1) is 13.2 Å². The monoisotopic (exact) mass is 270 g/mol. The van der Waals surface area contributed by atoms with Gasteiger partial charge in [-0.1, -0.05) is 37.0 Å². The molecular weight excluding hydrogens is 244 g/mol. The highest BCUT2D eigenvalue weighted by atomic mass is 15.2. The molecule has 20 heavy (non-hydrogen) atoms. The number of rotatable bonds is 11. The van der Waals surface area contributed by atoms with Gasteiger partial charge in [0.25, 0.3) is 0 Å². The van der Waals surface area contributed by atoms with Crippen molar-refractivity contribution in [2.45, 2.75) is 25.7 Å². The zero-order valence-corrected chi connectivity index (χ0v) is 12.4. The van der Waals surface area contributed by atoms with Crippen molar-refractivity contribution in [3.8, 4) is 0 Å². The van der Waals surface area contributed by atoms with Crippen LogP contribution in [0.3, 0.4) is 0 Å². The van der Waals surface area contributed by atoms with E-state index >= 15 is 0 Å². The van der Waals surface area contributed by atoms with Gasteiger partial charge in [-0.05, 0) is 31.5 Å². The van der Waals surface area contributed by atoms with Crippen LogP contribution in [0.2, 0.25) is 0 Å². The van der Waals surface area contributed by atoms with Crippen LogP contribution in [0.15, 0.2) is 73.8 Å². The Balaban J connectivity index is 2.61. The topological polar surface area (TPSA) is 15.3 Å². The first kappa shape index (κ1) is 16.1. The fourth-order valence-electron chi connectivity index (χ4n) is 2.22. The third kappa shape index (κ3) is 4.96. The molecule has 0 unspecified atom stereocenters. The van der Waals surface area contributed by atoms with E-state index in [4.69, 9.17) is 0 Å². The maximum atomic E-state index is 4.18. The number of hydrogen-bond acceptors (Lipinski definition) is 2. The number of nitrogens with one attached hydrogen (secondary N) is 1. The van der Waals surface area contributed by atoms with Gasteiger partial charge in [-0.25, -0.2) is 0 Å². The second-order valence-corrected chi connectivity index (χ2v) is 4.87. The molecule has 1 N–H and O–H groups in total. The first-order chi connectivity index (χ1) is 9.72. The maximum Gasteiger partial charge on any atom is 0.0541 e. The molecule has 0 bridgehead atoms. The summed E-state index contributed by atoms with van der Waals surface area (Å²) < 4.78 is 0. The molecule has 1 aliphatic rings. The summed E-state index contributed by atoms with van der Waals surface area (Å²) in [7, 11) is 0. The van der Waals surface area contributed by atoms with E-state index in [1.54, 1.807) is 6.20 Å². The van der Waals surface area contributed by atoms with Gasteiger partial charge >= 0.3 is 0 Å². The van der Waals surface area contributed by atoms with Gasteiger partial charge in [0.05, 0.1) is 6.54 Å². The Kier molecular flexibility index (Phi) is 7.26. The molecule has 0 heterocycles. The van der Waals surface area contributed by atoms with E-state index in [0.717, 1.165) is 44.5 Å². The minimum atomic E-state index is 0.722. The fraction of sp³-hybridized carbons (Fsp3) is 0.333. The van der Waals surface area contributed by atoms with E-state index in [0.29, 0.717) is 0 Å². The predicted octanol–water partition coefficient (Wildman–Crippen LogP) is 4.29. The van der Waals surface area contributed by atoms with Crippen LogP contribution in [-0.4, -0.2) is 18.0 Å². The van der Waals surface area contributed by atoms with Crippen molar-refractivity contribution >= 4 is 0 Å². The van der Waals surface area contributed by atoms with Crippen molar-refractivity contribution in [3.63, 3.8) is 0 Å². The molecule has 0 atom stereocenters. The highest BCUT2D eigenvalue weighted by Crippen LogP contribution is 2.27. The molecule has 0 aromatic carbocycles. The fourth-order valence-corrected chi connectivity index (χ4v) is 2.22. The van der Waals surface area contributed by atoms with E-state index in [9.17, 15) is 0 Å². The Morgan fingerprint density at radius 3 is 2.60 bits per heavy atom. The first-order valence-electron chi connectivity index (χ1n) is 7.13. The summed E-state index contributed by atoms with van der Waals surface area (Å²) in [5, 5.41) is 3.11. The lowest BCUT2D eigenvalue weighted by atomic mass is 10.1. The molecule has 0 radical (unpaired) electrons. The number of allylic oxidation sites excluding steroid dienone is 4. The van der Waals surface area contributed by atoms with E-state index in [1.165, 1.54) is 11.3 Å². The van der Waals surface area contributed by atoms with Gasteiger partial charge in [0.2, 0.25) is 0 Å². The second kappa shape index (κ2) is 9.03. The van der Waals surface area contributed by atoms with Crippen molar-refractivity contribution < 1.29 is 0 Å². The van der Waals surface area contributed by atoms with Crippen LogP contribution in [0.1, 0.15) is 25.7 Å². The van der Waals surface area contributed by atoms with Crippen molar-refractivity contribution in [1.82, 2.24) is 10.2 Å². The largest absolute Gasteiger partial charge is 0.386 e. The van der Waals surface area contributed by atoms with Crippen molar-refractivity contribution in [3.05, 3.63) is 73.8 Å². The van der Waals surface area contributed by atoms with Crippen LogP contribution < -0.4 is 5.32 Å². The van der Waals surface area contributed by atoms with Crippen LogP contribution in [-0.2, 0) is 0 Å². The molecule has 108 valence electrons. The van der Waals surface area contributed by atoms with E-state index in [2.05, 4.69) is 48.7 Å². The molecule has 0 aromatic heterocycles. The lowest BCUT2D eigenvalue weighted by Gasteiger charge is -2.28. The quantitative estimate of drug-likeness (QED) is 0.563. The first-order valence-corrected chi connectivity index (χ1v) is 7.13. The third-order valence-electron chi connectivity index (χ3n) is 3.32. The Bertz CT molecular complexity index is 427. The lowest BCUT2D eigenvalue weighted by molar-refractivity contribution is 0.416. The standard InChI is InChI=1S/C18H26N2/c1-5-8-10-17-11-12-18(14-17)20(13-9-6-2)16(4)15-19-7-3/h5-7,11-12,19H,1-4,8-10,13-15H2. The summed E-state index contributed by atoms with van der Waals surface area (Å²) >= 11 is 0. The Morgan fingerprint density at radius 2 is 1.95 bits per heavy atom. The van der Waals surface area contributed by atoms with Gasteiger partial charge < -0.3 is 10.2 Å². The Morgan fingerprint density at radius 1 is 1.20 bits per heavy atom. The van der Waals surface area contributed by atoms with Crippen molar-refractivity contribution in [2.24, 2.45) is 0 Å². The molecule has 2 heteroatoms. The number of hydrogen-bond donors (Lipinski definition) is 1. The predicted molar refractivity (Wildman–Crippen MR) is 89.1 cm³/mol. The van der Waals surface area contributed by atoms with Gasteiger partial charge in [-0.2, -0.15) is 0 Å². The maximum absolute atomic E-state index is 4.18. The van der Waals surface area contributed by atoms with E-state index in [-0.39, 0.29) is 0 Å².